The number of hydrogen-bond acceptors (Lipinski definition) is 4. The Bertz CT molecular complexity index is 705. The number of rotatable bonds is 5. The molecule has 3 aromatic rings. The number of aromatic hydroxyl groups is 1. The van der Waals surface area contributed by atoms with Gasteiger partial charge in [0.1, 0.15) is 10.8 Å². The maximum atomic E-state index is 9.61. The number of nitrogens with zero attached hydrogens (tertiary/aromatic N) is 1. The topological polar surface area (TPSA) is 45.1 Å². The molecule has 2 aromatic carbocycles. The zero-order valence-corrected chi connectivity index (χ0v) is 12.7. The lowest BCUT2D eigenvalue weighted by molar-refractivity contribution is 0.473. The van der Waals surface area contributed by atoms with E-state index in [1.54, 1.807) is 17.4 Å². The predicted molar refractivity (Wildman–Crippen MR) is 87.8 cm³/mol. The van der Waals surface area contributed by atoms with E-state index in [1.807, 2.05) is 36.4 Å². The Hall–Kier alpha value is -1.91. The molecule has 0 aliphatic carbocycles. The summed E-state index contributed by atoms with van der Waals surface area (Å²) < 4.78 is 1.21. The molecular formula is C17H18N2OS. The predicted octanol–water partition coefficient (Wildman–Crippen LogP) is 3.90. The van der Waals surface area contributed by atoms with Crippen LogP contribution in [0.5, 0.6) is 5.75 Å². The molecule has 0 saturated carbocycles. The van der Waals surface area contributed by atoms with E-state index >= 15 is 0 Å². The summed E-state index contributed by atoms with van der Waals surface area (Å²) in [6.07, 6.45) is 0.821. The van der Waals surface area contributed by atoms with Gasteiger partial charge in [-0.05, 0) is 42.8 Å². The van der Waals surface area contributed by atoms with Gasteiger partial charge in [-0.3, -0.25) is 0 Å². The van der Waals surface area contributed by atoms with Crippen molar-refractivity contribution >= 4 is 21.6 Å². The maximum absolute atomic E-state index is 9.61. The van der Waals surface area contributed by atoms with Gasteiger partial charge in [0.2, 0.25) is 0 Å². The molecule has 0 aliphatic rings. The minimum Gasteiger partial charge on any atom is -0.508 e. The number of nitrogens with one attached hydrogen (secondary N) is 1. The van der Waals surface area contributed by atoms with Crippen molar-refractivity contribution in [1.29, 1.82) is 0 Å². The SMILES string of the molecule is CCNC(Cc1cccc(O)c1)c1nc2ccccc2s1. The number of phenolic OH excluding ortho intramolecular Hbond substituents is 1. The third-order valence-corrected chi connectivity index (χ3v) is 4.56. The summed E-state index contributed by atoms with van der Waals surface area (Å²) in [7, 11) is 0. The molecule has 108 valence electrons. The van der Waals surface area contributed by atoms with Crippen molar-refractivity contribution in [1.82, 2.24) is 10.3 Å². The highest BCUT2D eigenvalue weighted by molar-refractivity contribution is 7.18. The zero-order chi connectivity index (χ0) is 14.7. The smallest absolute Gasteiger partial charge is 0.115 e. The minimum atomic E-state index is 0.175. The molecule has 21 heavy (non-hydrogen) atoms. The van der Waals surface area contributed by atoms with Crippen LogP contribution in [0.15, 0.2) is 48.5 Å². The summed E-state index contributed by atoms with van der Waals surface area (Å²) in [5.41, 5.74) is 2.16. The van der Waals surface area contributed by atoms with Crippen LogP contribution in [0.25, 0.3) is 10.2 Å². The Kier molecular flexibility index (Phi) is 4.18. The van der Waals surface area contributed by atoms with Crippen molar-refractivity contribution < 1.29 is 5.11 Å². The van der Waals surface area contributed by atoms with E-state index in [9.17, 15) is 5.11 Å². The van der Waals surface area contributed by atoms with E-state index in [0.717, 1.165) is 29.1 Å². The van der Waals surface area contributed by atoms with Gasteiger partial charge >= 0.3 is 0 Å². The molecule has 0 bridgehead atoms. The van der Waals surface area contributed by atoms with E-state index < -0.39 is 0 Å². The molecule has 1 atom stereocenters. The van der Waals surface area contributed by atoms with Crippen LogP contribution < -0.4 is 5.32 Å². The average Bonchev–Trinajstić information content (AvgIpc) is 2.91. The lowest BCUT2D eigenvalue weighted by Gasteiger charge is -2.15. The van der Waals surface area contributed by atoms with Crippen molar-refractivity contribution in [3.8, 4) is 5.75 Å². The number of benzene rings is 2. The molecule has 1 aromatic heterocycles. The molecule has 0 radical (unpaired) electrons. The molecule has 3 rings (SSSR count). The second-order valence-corrected chi connectivity index (χ2v) is 6.07. The summed E-state index contributed by atoms with van der Waals surface area (Å²) in [6.45, 7) is 2.99. The Labute approximate surface area is 128 Å². The quantitative estimate of drug-likeness (QED) is 0.751. The first-order valence-electron chi connectivity index (χ1n) is 7.13. The molecule has 1 unspecified atom stereocenters. The van der Waals surface area contributed by atoms with Crippen LogP contribution in [0.2, 0.25) is 0 Å². The first-order valence-corrected chi connectivity index (χ1v) is 7.94. The van der Waals surface area contributed by atoms with Crippen molar-refractivity contribution in [2.45, 2.75) is 19.4 Å². The van der Waals surface area contributed by atoms with Gasteiger partial charge in [0.25, 0.3) is 0 Å². The Morgan fingerprint density at radius 3 is 2.81 bits per heavy atom. The second kappa shape index (κ2) is 6.24. The van der Waals surface area contributed by atoms with Crippen LogP contribution in [0.1, 0.15) is 23.5 Å². The zero-order valence-electron chi connectivity index (χ0n) is 11.9. The van der Waals surface area contributed by atoms with E-state index in [-0.39, 0.29) is 6.04 Å². The van der Waals surface area contributed by atoms with Crippen molar-refractivity contribution in [2.75, 3.05) is 6.54 Å². The maximum Gasteiger partial charge on any atom is 0.115 e. The van der Waals surface area contributed by atoms with E-state index in [2.05, 4.69) is 18.3 Å². The summed E-state index contributed by atoms with van der Waals surface area (Å²) in [5, 5.41) is 14.2. The molecule has 0 aliphatic heterocycles. The first-order chi connectivity index (χ1) is 10.3. The Morgan fingerprint density at radius 1 is 1.19 bits per heavy atom. The van der Waals surface area contributed by atoms with Gasteiger partial charge in [-0.15, -0.1) is 11.3 Å². The summed E-state index contributed by atoms with van der Waals surface area (Å²) in [4.78, 5) is 4.74. The molecule has 0 amide bonds. The monoisotopic (exact) mass is 298 g/mol. The van der Waals surface area contributed by atoms with Gasteiger partial charge in [0, 0.05) is 0 Å². The van der Waals surface area contributed by atoms with E-state index in [1.165, 1.54) is 4.70 Å². The molecule has 3 nitrogen and oxygen atoms in total. The van der Waals surface area contributed by atoms with Crippen molar-refractivity contribution in [3.05, 3.63) is 59.1 Å². The standard InChI is InChI=1S/C17H18N2OS/c1-2-18-15(11-12-6-5-7-13(20)10-12)17-19-14-8-3-4-9-16(14)21-17/h3-10,15,18,20H,2,11H2,1H3. The number of para-hydroxylation sites is 1. The van der Waals surface area contributed by atoms with Gasteiger partial charge in [-0.25, -0.2) is 4.98 Å². The van der Waals surface area contributed by atoms with Gasteiger partial charge < -0.3 is 10.4 Å². The fourth-order valence-electron chi connectivity index (χ4n) is 2.45. The molecule has 4 heteroatoms. The lowest BCUT2D eigenvalue weighted by Crippen LogP contribution is -2.22. The number of aromatic nitrogens is 1. The van der Waals surface area contributed by atoms with Crippen LogP contribution in [0.4, 0.5) is 0 Å². The third kappa shape index (κ3) is 3.23. The highest BCUT2D eigenvalue weighted by Crippen LogP contribution is 2.28. The molecule has 0 spiro atoms. The van der Waals surface area contributed by atoms with Gasteiger partial charge in [-0.2, -0.15) is 0 Å². The van der Waals surface area contributed by atoms with Crippen LogP contribution >= 0.6 is 11.3 Å². The first kappa shape index (κ1) is 14.0. The van der Waals surface area contributed by atoms with Gasteiger partial charge in [-0.1, -0.05) is 31.2 Å². The molecule has 2 N–H and O–H groups in total. The largest absolute Gasteiger partial charge is 0.508 e. The average molecular weight is 298 g/mol. The normalized spacial score (nSPS) is 12.6. The van der Waals surface area contributed by atoms with Gasteiger partial charge in [0.05, 0.1) is 16.3 Å². The van der Waals surface area contributed by atoms with Gasteiger partial charge in [0.15, 0.2) is 0 Å². The van der Waals surface area contributed by atoms with E-state index in [0.29, 0.717) is 5.75 Å². The van der Waals surface area contributed by atoms with Crippen LogP contribution in [0.3, 0.4) is 0 Å². The molecular weight excluding hydrogens is 280 g/mol. The highest BCUT2D eigenvalue weighted by Gasteiger charge is 2.16. The van der Waals surface area contributed by atoms with Crippen LogP contribution in [0, 0.1) is 0 Å². The fraction of sp³-hybridized carbons (Fsp3) is 0.235. The van der Waals surface area contributed by atoms with Crippen molar-refractivity contribution in [2.24, 2.45) is 0 Å². The number of hydrogen-bond donors (Lipinski definition) is 2. The van der Waals surface area contributed by atoms with Crippen LogP contribution in [-0.2, 0) is 6.42 Å². The lowest BCUT2D eigenvalue weighted by atomic mass is 10.1. The second-order valence-electron chi connectivity index (χ2n) is 5.00. The molecule has 0 fully saturated rings. The van der Waals surface area contributed by atoms with Crippen molar-refractivity contribution in [3.63, 3.8) is 0 Å². The molecule has 1 heterocycles. The Morgan fingerprint density at radius 2 is 2.05 bits per heavy atom. The molecule has 0 saturated heterocycles. The highest BCUT2D eigenvalue weighted by atomic mass is 32.1. The summed E-state index contributed by atoms with van der Waals surface area (Å²) in [6, 6.07) is 15.8. The van der Waals surface area contributed by atoms with Crippen LogP contribution in [-0.4, -0.2) is 16.6 Å². The summed E-state index contributed by atoms with van der Waals surface area (Å²) in [5.74, 6) is 0.312. The fourth-order valence-corrected chi connectivity index (χ4v) is 3.49. The minimum absolute atomic E-state index is 0.175. The summed E-state index contributed by atoms with van der Waals surface area (Å²) >= 11 is 1.73. The number of thiazole rings is 1. The number of likely N-dealkylation sites (N-methyl/N-ethyl adjacent to an activating group) is 1. The Balaban J connectivity index is 1.90. The third-order valence-electron chi connectivity index (χ3n) is 3.41. The number of fused-ring (bicyclic) bond motifs is 1. The number of phenols is 1. The van der Waals surface area contributed by atoms with E-state index in [4.69, 9.17) is 4.98 Å².